The average Bonchev–Trinajstić information content (AvgIpc) is 3.23. The van der Waals surface area contributed by atoms with Gasteiger partial charge in [-0.05, 0) is 42.2 Å². The molecule has 5 rings (SSSR count). The zero-order valence-corrected chi connectivity index (χ0v) is 19.4. The van der Waals surface area contributed by atoms with Crippen molar-refractivity contribution >= 4 is 29.5 Å². The Labute approximate surface area is 202 Å². The van der Waals surface area contributed by atoms with Gasteiger partial charge in [0.25, 0.3) is 5.91 Å². The molecule has 2 saturated heterocycles. The molecule has 10 nitrogen and oxygen atoms in total. The first-order chi connectivity index (χ1) is 16.9. The maximum absolute atomic E-state index is 12.7. The first-order valence-corrected chi connectivity index (χ1v) is 11.6. The molecule has 1 aromatic carbocycles. The van der Waals surface area contributed by atoms with Crippen LogP contribution in [-0.4, -0.2) is 72.5 Å². The van der Waals surface area contributed by atoms with E-state index in [9.17, 15) is 19.2 Å². The molecule has 3 atom stereocenters. The number of nitrogens with one attached hydrogen (secondary N) is 2. The van der Waals surface area contributed by atoms with Crippen molar-refractivity contribution in [3.05, 3.63) is 59.9 Å². The van der Waals surface area contributed by atoms with E-state index in [1.807, 2.05) is 29.2 Å². The monoisotopic (exact) mass is 477 g/mol. The predicted molar refractivity (Wildman–Crippen MR) is 126 cm³/mol. The number of fused-ring (bicyclic) bond motifs is 1. The van der Waals surface area contributed by atoms with Gasteiger partial charge in [0.2, 0.25) is 11.8 Å². The Morgan fingerprint density at radius 1 is 1.14 bits per heavy atom. The van der Waals surface area contributed by atoms with Gasteiger partial charge >= 0.3 is 6.09 Å². The summed E-state index contributed by atoms with van der Waals surface area (Å²) in [7, 11) is 0. The van der Waals surface area contributed by atoms with E-state index in [-0.39, 0.29) is 42.3 Å². The standard InChI is InChI=1S/C25H27N5O5/c1-16(31)27-11-21-14-30(24(34)35-21)20-6-4-18(5-7-20)25-9-19(25)13-29(15-25)22(32)12-28-23(33)17-3-2-8-26-10-17/h2-8,10,19,21H,9,11-15H2,1H3,(H,27,31)(H,28,33)/t19?,21-,25?/m0/s1. The molecule has 2 aliphatic heterocycles. The molecular formula is C25H27N5O5. The highest BCUT2D eigenvalue weighted by Crippen LogP contribution is 2.59. The largest absolute Gasteiger partial charge is 0.442 e. The molecule has 0 radical (unpaired) electrons. The summed E-state index contributed by atoms with van der Waals surface area (Å²) in [6, 6.07) is 11.2. The first-order valence-electron chi connectivity index (χ1n) is 11.6. The van der Waals surface area contributed by atoms with Crippen molar-refractivity contribution in [1.82, 2.24) is 20.5 Å². The third-order valence-corrected chi connectivity index (χ3v) is 7.03. The average molecular weight is 478 g/mol. The molecule has 3 fully saturated rings. The van der Waals surface area contributed by atoms with E-state index in [2.05, 4.69) is 15.6 Å². The van der Waals surface area contributed by atoms with Crippen molar-refractivity contribution < 1.29 is 23.9 Å². The fourth-order valence-corrected chi connectivity index (χ4v) is 5.06. The van der Waals surface area contributed by atoms with Crippen molar-refractivity contribution in [3.63, 3.8) is 0 Å². The van der Waals surface area contributed by atoms with E-state index in [1.165, 1.54) is 13.1 Å². The van der Waals surface area contributed by atoms with Crippen LogP contribution in [0.5, 0.6) is 0 Å². The molecule has 1 aliphatic carbocycles. The lowest BCUT2D eigenvalue weighted by Gasteiger charge is -2.22. The van der Waals surface area contributed by atoms with Gasteiger partial charge in [-0.2, -0.15) is 0 Å². The molecule has 2 aromatic rings. The van der Waals surface area contributed by atoms with Crippen LogP contribution in [0.4, 0.5) is 10.5 Å². The van der Waals surface area contributed by atoms with Gasteiger partial charge < -0.3 is 20.3 Å². The summed E-state index contributed by atoms with van der Waals surface area (Å²) in [4.78, 5) is 55.6. The lowest BCUT2D eigenvalue weighted by molar-refractivity contribution is -0.129. The second kappa shape index (κ2) is 9.01. The number of carbonyl (C=O) groups is 4. The number of aromatic nitrogens is 1. The smallest absolute Gasteiger partial charge is 0.414 e. The number of hydrogen-bond donors (Lipinski definition) is 2. The summed E-state index contributed by atoms with van der Waals surface area (Å²) >= 11 is 0. The number of nitrogens with zero attached hydrogens (tertiary/aromatic N) is 3. The summed E-state index contributed by atoms with van der Waals surface area (Å²) in [5.74, 6) is -0.191. The molecule has 35 heavy (non-hydrogen) atoms. The van der Waals surface area contributed by atoms with Gasteiger partial charge in [0.15, 0.2) is 0 Å². The van der Waals surface area contributed by atoms with Gasteiger partial charge in [-0.1, -0.05) is 12.1 Å². The SMILES string of the molecule is CC(=O)NC[C@H]1CN(c2ccc(C34CC3CN(C(=O)CNC(=O)c3cccnc3)C4)cc2)C(=O)O1. The second-order valence-corrected chi connectivity index (χ2v) is 9.36. The molecule has 1 saturated carbocycles. The summed E-state index contributed by atoms with van der Waals surface area (Å²) in [5.41, 5.74) is 2.23. The summed E-state index contributed by atoms with van der Waals surface area (Å²) in [6.07, 6.45) is 3.26. The predicted octanol–water partition coefficient (Wildman–Crippen LogP) is 1.07. The number of anilines is 1. The highest BCUT2D eigenvalue weighted by Gasteiger charge is 2.61. The molecule has 10 heteroatoms. The summed E-state index contributed by atoms with van der Waals surface area (Å²) in [5, 5.41) is 5.35. The highest BCUT2D eigenvalue weighted by molar-refractivity contribution is 5.96. The van der Waals surface area contributed by atoms with E-state index < -0.39 is 6.09 Å². The number of rotatable bonds is 7. The molecule has 3 aliphatic rings. The van der Waals surface area contributed by atoms with E-state index in [0.29, 0.717) is 31.1 Å². The Morgan fingerprint density at radius 3 is 2.66 bits per heavy atom. The Bertz CT molecular complexity index is 1150. The normalized spacial score (nSPS) is 24.5. The molecular weight excluding hydrogens is 450 g/mol. The van der Waals surface area contributed by atoms with Crippen LogP contribution in [0, 0.1) is 5.92 Å². The van der Waals surface area contributed by atoms with Crippen molar-refractivity contribution in [1.29, 1.82) is 0 Å². The number of likely N-dealkylation sites (tertiary alicyclic amines) is 1. The van der Waals surface area contributed by atoms with E-state index in [4.69, 9.17) is 4.74 Å². The molecule has 2 N–H and O–H groups in total. The minimum absolute atomic E-state index is 0.0494. The van der Waals surface area contributed by atoms with Crippen molar-refractivity contribution in [3.8, 4) is 0 Å². The second-order valence-electron chi connectivity index (χ2n) is 9.36. The van der Waals surface area contributed by atoms with Gasteiger partial charge in [0, 0.05) is 43.5 Å². The van der Waals surface area contributed by atoms with Crippen LogP contribution in [0.25, 0.3) is 0 Å². The third-order valence-electron chi connectivity index (χ3n) is 7.03. The maximum atomic E-state index is 12.7. The van der Waals surface area contributed by atoms with E-state index in [0.717, 1.165) is 17.7 Å². The van der Waals surface area contributed by atoms with Gasteiger partial charge in [0.05, 0.1) is 25.2 Å². The van der Waals surface area contributed by atoms with Gasteiger partial charge in [-0.25, -0.2) is 4.79 Å². The molecule has 4 amide bonds. The Morgan fingerprint density at radius 2 is 1.94 bits per heavy atom. The van der Waals surface area contributed by atoms with Gasteiger partial charge in [0.1, 0.15) is 6.10 Å². The van der Waals surface area contributed by atoms with E-state index in [1.54, 1.807) is 23.2 Å². The summed E-state index contributed by atoms with van der Waals surface area (Å²) < 4.78 is 5.34. The van der Waals surface area contributed by atoms with Gasteiger partial charge in [-0.3, -0.25) is 24.3 Å². The first kappa shape index (κ1) is 22.8. The number of amides is 4. The quantitative estimate of drug-likeness (QED) is 0.616. The van der Waals surface area contributed by atoms with Crippen LogP contribution in [0.3, 0.4) is 0 Å². The molecule has 0 spiro atoms. The highest BCUT2D eigenvalue weighted by atomic mass is 16.6. The van der Waals surface area contributed by atoms with Crippen molar-refractivity contribution in [2.45, 2.75) is 24.9 Å². The maximum Gasteiger partial charge on any atom is 0.414 e. The van der Waals surface area contributed by atoms with Crippen LogP contribution in [0.15, 0.2) is 48.8 Å². The Kier molecular flexibility index (Phi) is 5.88. The molecule has 0 bridgehead atoms. The molecule has 3 heterocycles. The number of hydrogen-bond acceptors (Lipinski definition) is 6. The fourth-order valence-electron chi connectivity index (χ4n) is 5.06. The fraction of sp³-hybridized carbons (Fsp3) is 0.400. The molecule has 2 unspecified atom stereocenters. The van der Waals surface area contributed by atoms with Crippen LogP contribution in [-0.2, 0) is 19.7 Å². The Hall–Kier alpha value is -3.95. The Balaban J connectivity index is 1.17. The zero-order chi connectivity index (χ0) is 24.6. The number of carbonyl (C=O) groups excluding carboxylic acids is 4. The van der Waals surface area contributed by atoms with Crippen LogP contribution in [0.2, 0.25) is 0 Å². The third kappa shape index (κ3) is 4.55. The van der Waals surface area contributed by atoms with Crippen LogP contribution < -0.4 is 15.5 Å². The van der Waals surface area contributed by atoms with Crippen LogP contribution in [0.1, 0.15) is 29.3 Å². The van der Waals surface area contributed by atoms with Crippen molar-refractivity contribution in [2.75, 3.05) is 37.6 Å². The van der Waals surface area contributed by atoms with Crippen LogP contribution >= 0.6 is 0 Å². The lowest BCUT2D eigenvalue weighted by Crippen LogP contribution is -2.40. The topological polar surface area (TPSA) is 121 Å². The number of pyridine rings is 1. The zero-order valence-electron chi connectivity index (χ0n) is 19.4. The minimum Gasteiger partial charge on any atom is -0.442 e. The lowest BCUT2D eigenvalue weighted by atomic mass is 9.94. The minimum atomic E-state index is -0.429. The van der Waals surface area contributed by atoms with Gasteiger partial charge in [-0.15, -0.1) is 0 Å². The number of ether oxygens (including phenoxy) is 1. The molecule has 182 valence electrons. The number of benzene rings is 1. The number of cyclic esters (lactones) is 1. The summed E-state index contributed by atoms with van der Waals surface area (Å²) in [6.45, 7) is 3.32. The molecule has 1 aromatic heterocycles. The van der Waals surface area contributed by atoms with E-state index >= 15 is 0 Å². The van der Waals surface area contributed by atoms with Crippen molar-refractivity contribution in [2.24, 2.45) is 5.92 Å². The number of piperidine rings is 1.